The van der Waals surface area contributed by atoms with Crippen molar-refractivity contribution in [1.29, 1.82) is 0 Å². The number of nitrogens with zero attached hydrogens (tertiary/aromatic N) is 2. The molecule has 1 saturated heterocycles. The summed E-state index contributed by atoms with van der Waals surface area (Å²) < 4.78 is 7.39. The Morgan fingerprint density at radius 3 is 3.24 bits per heavy atom. The van der Waals surface area contributed by atoms with Crippen LogP contribution in [0.3, 0.4) is 0 Å². The van der Waals surface area contributed by atoms with Gasteiger partial charge in [0, 0.05) is 25.0 Å². The summed E-state index contributed by atoms with van der Waals surface area (Å²) in [4.78, 5) is 11.9. The average Bonchev–Trinajstić information content (AvgIpc) is 3.12. The number of rotatable bonds is 5. The van der Waals surface area contributed by atoms with Crippen LogP contribution in [0, 0.1) is 6.92 Å². The number of aromatic nitrogens is 2. The average molecular weight is 287 g/mol. The molecule has 1 aliphatic heterocycles. The van der Waals surface area contributed by atoms with E-state index in [-0.39, 0.29) is 12.0 Å². The molecule has 1 N–H and O–H groups in total. The smallest absolute Gasteiger partial charge is 0.221 e. The van der Waals surface area contributed by atoms with Crippen LogP contribution in [0.4, 0.5) is 0 Å². The van der Waals surface area contributed by atoms with Crippen LogP contribution in [-0.2, 0) is 16.1 Å². The quantitative estimate of drug-likeness (QED) is 0.915. The highest BCUT2D eigenvalue weighted by atomic mass is 16.5. The van der Waals surface area contributed by atoms with Crippen molar-refractivity contribution in [2.75, 3.05) is 13.2 Å². The Morgan fingerprint density at radius 2 is 2.43 bits per heavy atom. The molecule has 1 aromatic heterocycles. The van der Waals surface area contributed by atoms with E-state index in [0.717, 1.165) is 30.4 Å². The zero-order chi connectivity index (χ0) is 14.7. The van der Waals surface area contributed by atoms with Crippen LogP contribution in [0.2, 0.25) is 0 Å². The fourth-order valence-corrected chi connectivity index (χ4v) is 2.69. The minimum atomic E-state index is 0.0572. The topological polar surface area (TPSA) is 56.2 Å². The molecule has 5 heteroatoms. The molecule has 1 aromatic carbocycles. The number of fused-ring (bicyclic) bond motifs is 1. The van der Waals surface area contributed by atoms with Crippen molar-refractivity contribution in [3.63, 3.8) is 0 Å². The van der Waals surface area contributed by atoms with Gasteiger partial charge in [-0.05, 0) is 31.4 Å². The number of amides is 1. The highest BCUT2D eigenvalue weighted by molar-refractivity contribution is 5.80. The minimum Gasteiger partial charge on any atom is -0.376 e. The van der Waals surface area contributed by atoms with E-state index in [0.29, 0.717) is 19.5 Å². The zero-order valence-electron chi connectivity index (χ0n) is 12.3. The normalized spacial score (nSPS) is 18.2. The molecule has 1 aliphatic rings. The van der Waals surface area contributed by atoms with E-state index >= 15 is 0 Å². The van der Waals surface area contributed by atoms with Gasteiger partial charge in [0.2, 0.25) is 5.91 Å². The van der Waals surface area contributed by atoms with Crippen LogP contribution in [0.1, 0.15) is 24.8 Å². The predicted molar refractivity (Wildman–Crippen MR) is 81.1 cm³/mol. The number of hydrogen-bond acceptors (Lipinski definition) is 3. The number of aryl methyl sites for hydroxylation is 2. The van der Waals surface area contributed by atoms with E-state index in [1.54, 1.807) is 0 Å². The van der Waals surface area contributed by atoms with Gasteiger partial charge in [-0.1, -0.05) is 12.1 Å². The van der Waals surface area contributed by atoms with E-state index in [9.17, 15) is 4.79 Å². The molecule has 0 radical (unpaired) electrons. The maximum absolute atomic E-state index is 11.9. The summed E-state index contributed by atoms with van der Waals surface area (Å²) in [6, 6.07) is 6.24. The van der Waals surface area contributed by atoms with Gasteiger partial charge in [-0.25, -0.2) is 0 Å². The lowest BCUT2D eigenvalue weighted by molar-refractivity contribution is -0.121. The maximum atomic E-state index is 11.9. The second-order valence-electron chi connectivity index (χ2n) is 5.62. The molecule has 0 spiro atoms. The number of benzene rings is 1. The third-order valence-electron chi connectivity index (χ3n) is 3.90. The van der Waals surface area contributed by atoms with E-state index in [1.165, 1.54) is 5.56 Å². The van der Waals surface area contributed by atoms with Gasteiger partial charge in [0.25, 0.3) is 0 Å². The molecule has 0 unspecified atom stereocenters. The Kier molecular flexibility index (Phi) is 4.20. The SMILES string of the molecule is Cc1ccc2cnn(CCC(=O)NC[C@@H]3CCCO3)c2c1. The van der Waals surface area contributed by atoms with Gasteiger partial charge < -0.3 is 10.1 Å². The lowest BCUT2D eigenvalue weighted by atomic mass is 10.2. The van der Waals surface area contributed by atoms with Crippen molar-refractivity contribution in [3.8, 4) is 0 Å². The van der Waals surface area contributed by atoms with Crippen molar-refractivity contribution >= 4 is 16.8 Å². The molecule has 21 heavy (non-hydrogen) atoms. The highest BCUT2D eigenvalue weighted by Crippen LogP contribution is 2.15. The molecular formula is C16H21N3O2. The Balaban J connectivity index is 1.53. The monoisotopic (exact) mass is 287 g/mol. The number of hydrogen-bond donors (Lipinski definition) is 1. The minimum absolute atomic E-state index is 0.0572. The van der Waals surface area contributed by atoms with Gasteiger partial charge in [0.1, 0.15) is 0 Å². The summed E-state index contributed by atoms with van der Waals surface area (Å²) in [6.45, 7) is 4.10. The second kappa shape index (κ2) is 6.26. The summed E-state index contributed by atoms with van der Waals surface area (Å²) in [5.41, 5.74) is 2.29. The van der Waals surface area contributed by atoms with Crippen LogP contribution >= 0.6 is 0 Å². The number of ether oxygens (including phenoxy) is 1. The highest BCUT2D eigenvalue weighted by Gasteiger charge is 2.16. The first kappa shape index (κ1) is 14.1. The van der Waals surface area contributed by atoms with Crippen LogP contribution in [-0.4, -0.2) is 34.9 Å². The van der Waals surface area contributed by atoms with Gasteiger partial charge >= 0.3 is 0 Å². The van der Waals surface area contributed by atoms with Crippen molar-refractivity contribution in [1.82, 2.24) is 15.1 Å². The lowest BCUT2D eigenvalue weighted by Crippen LogP contribution is -2.32. The standard InChI is InChI=1S/C16H21N3O2/c1-12-4-5-13-10-18-19(15(13)9-12)7-6-16(20)17-11-14-3-2-8-21-14/h4-5,9-10,14H,2-3,6-8,11H2,1H3,(H,17,20)/t14-/m0/s1. The predicted octanol–water partition coefficient (Wildman–Crippen LogP) is 2.03. The molecule has 1 atom stereocenters. The molecule has 0 saturated carbocycles. The van der Waals surface area contributed by atoms with Gasteiger partial charge in [0.05, 0.1) is 24.4 Å². The first-order valence-corrected chi connectivity index (χ1v) is 7.53. The third-order valence-corrected chi connectivity index (χ3v) is 3.90. The second-order valence-corrected chi connectivity index (χ2v) is 5.62. The summed E-state index contributed by atoms with van der Waals surface area (Å²) in [5, 5.41) is 8.41. The van der Waals surface area contributed by atoms with Crippen molar-refractivity contribution in [2.45, 2.75) is 38.8 Å². The Morgan fingerprint density at radius 1 is 1.52 bits per heavy atom. The summed E-state index contributed by atoms with van der Waals surface area (Å²) in [5.74, 6) is 0.0572. The molecule has 2 heterocycles. The molecule has 0 aliphatic carbocycles. The lowest BCUT2D eigenvalue weighted by Gasteiger charge is -2.11. The number of carbonyl (C=O) groups excluding carboxylic acids is 1. The molecule has 5 nitrogen and oxygen atoms in total. The molecular weight excluding hydrogens is 266 g/mol. The van der Waals surface area contributed by atoms with E-state index in [2.05, 4.69) is 35.5 Å². The first-order valence-electron chi connectivity index (χ1n) is 7.53. The Bertz CT molecular complexity index is 629. The van der Waals surface area contributed by atoms with Crippen LogP contribution < -0.4 is 5.32 Å². The van der Waals surface area contributed by atoms with E-state index < -0.39 is 0 Å². The molecule has 3 rings (SSSR count). The summed E-state index contributed by atoms with van der Waals surface area (Å²) in [7, 11) is 0. The molecule has 1 amide bonds. The molecule has 112 valence electrons. The summed E-state index contributed by atoms with van der Waals surface area (Å²) in [6.07, 6.45) is 4.63. The van der Waals surface area contributed by atoms with Gasteiger partial charge in [-0.15, -0.1) is 0 Å². The first-order chi connectivity index (χ1) is 10.2. The maximum Gasteiger partial charge on any atom is 0.221 e. The van der Waals surface area contributed by atoms with Gasteiger partial charge in [-0.3, -0.25) is 9.48 Å². The van der Waals surface area contributed by atoms with E-state index in [4.69, 9.17) is 4.74 Å². The van der Waals surface area contributed by atoms with Crippen LogP contribution in [0.5, 0.6) is 0 Å². The van der Waals surface area contributed by atoms with Gasteiger partial charge in [0.15, 0.2) is 0 Å². The van der Waals surface area contributed by atoms with Crippen molar-refractivity contribution < 1.29 is 9.53 Å². The Hall–Kier alpha value is -1.88. The van der Waals surface area contributed by atoms with E-state index in [1.807, 2.05) is 10.9 Å². The number of carbonyl (C=O) groups is 1. The summed E-state index contributed by atoms with van der Waals surface area (Å²) >= 11 is 0. The fraction of sp³-hybridized carbons (Fsp3) is 0.500. The fourth-order valence-electron chi connectivity index (χ4n) is 2.69. The zero-order valence-corrected chi connectivity index (χ0v) is 12.3. The molecule has 1 fully saturated rings. The van der Waals surface area contributed by atoms with Crippen molar-refractivity contribution in [3.05, 3.63) is 30.0 Å². The van der Waals surface area contributed by atoms with Crippen LogP contribution in [0.25, 0.3) is 10.9 Å². The largest absolute Gasteiger partial charge is 0.376 e. The molecule has 0 bridgehead atoms. The Labute approximate surface area is 124 Å². The van der Waals surface area contributed by atoms with Gasteiger partial charge in [-0.2, -0.15) is 5.10 Å². The third kappa shape index (κ3) is 3.42. The molecule has 2 aromatic rings. The van der Waals surface area contributed by atoms with Crippen molar-refractivity contribution in [2.24, 2.45) is 0 Å². The van der Waals surface area contributed by atoms with Crippen LogP contribution in [0.15, 0.2) is 24.4 Å². The number of nitrogens with one attached hydrogen (secondary N) is 1.